The fraction of sp³-hybridized carbons (Fsp3) is 0.111. The summed E-state index contributed by atoms with van der Waals surface area (Å²) in [6.07, 6.45) is 0. The van der Waals surface area contributed by atoms with Gasteiger partial charge >= 0.3 is 0 Å². The molecule has 1 heterocycles. The van der Waals surface area contributed by atoms with E-state index in [1.54, 1.807) is 18.2 Å². The molecular weight excluding hydrogens is 381 g/mol. The first-order valence-electron chi connectivity index (χ1n) is 7.47. The lowest BCUT2D eigenvalue weighted by atomic mass is 10.2. The maximum atomic E-state index is 12.4. The monoisotopic (exact) mass is 393 g/mol. The largest absolute Gasteiger partial charge is 0.305 e. The highest BCUT2D eigenvalue weighted by Crippen LogP contribution is 2.22. The van der Waals surface area contributed by atoms with Gasteiger partial charge in [-0.25, -0.2) is 0 Å². The van der Waals surface area contributed by atoms with Crippen LogP contribution in [0.2, 0.25) is 15.1 Å². The fourth-order valence-corrected chi connectivity index (χ4v) is 2.97. The third-order valence-electron chi connectivity index (χ3n) is 3.64. The molecule has 0 fully saturated rings. The minimum absolute atomic E-state index is 0.294. The number of aromatic nitrogens is 2. The first-order chi connectivity index (χ1) is 11.9. The van der Waals surface area contributed by atoms with Crippen LogP contribution in [0, 0.1) is 6.92 Å². The summed E-state index contributed by atoms with van der Waals surface area (Å²) in [7, 11) is 0. The molecule has 25 heavy (non-hydrogen) atoms. The van der Waals surface area contributed by atoms with Gasteiger partial charge in [0.05, 0.1) is 17.1 Å². The van der Waals surface area contributed by atoms with E-state index in [-0.39, 0.29) is 5.91 Å². The van der Waals surface area contributed by atoms with Crippen LogP contribution in [-0.2, 0) is 6.54 Å². The molecule has 0 saturated heterocycles. The highest BCUT2D eigenvalue weighted by molar-refractivity contribution is 6.37. The van der Waals surface area contributed by atoms with E-state index < -0.39 is 0 Å². The molecule has 0 spiro atoms. The summed E-state index contributed by atoms with van der Waals surface area (Å²) in [5.41, 5.74) is 2.33. The van der Waals surface area contributed by atoms with Gasteiger partial charge in [0.25, 0.3) is 5.91 Å². The molecule has 1 N–H and O–H groups in total. The molecule has 0 unspecified atom stereocenters. The lowest BCUT2D eigenvalue weighted by Gasteiger charge is -2.06. The van der Waals surface area contributed by atoms with Gasteiger partial charge in [-0.2, -0.15) is 5.10 Å². The standard InChI is InChI=1S/C18H14Cl3N3O/c1-11-8-17(22-18(25)15-7-6-14(20)9-16(15)21)23-24(11)10-12-2-4-13(19)5-3-12/h2-9H,10H2,1H3,(H,22,23,25). The molecule has 0 aliphatic rings. The first-order valence-corrected chi connectivity index (χ1v) is 8.61. The summed E-state index contributed by atoms with van der Waals surface area (Å²) in [4.78, 5) is 12.4. The minimum Gasteiger partial charge on any atom is -0.305 e. The number of amides is 1. The number of halogens is 3. The third-order valence-corrected chi connectivity index (χ3v) is 4.44. The van der Waals surface area contributed by atoms with Crippen molar-refractivity contribution in [2.45, 2.75) is 13.5 Å². The van der Waals surface area contributed by atoms with Gasteiger partial charge in [-0.1, -0.05) is 46.9 Å². The first kappa shape index (κ1) is 17.8. The fourth-order valence-electron chi connectivity index (χ4n) is 2.35. The van der Waals surface area contributed by atoms with E-state index >= 15 is 0 Å². The van der Waals surface area contributed by atoms with Crippen molar-refractivity contribution < 1.29 is 4.79 Å². The second-order valence-electron chi connectivity index (χ2n) is 5.53. The van der Waals surface area contributed by atoms with Crippen LogP contribution >= 0.6 is 34.8 Å². The summed E-state index contributed by atoms with van der Waals surface area (Å²) in [6.45, 7) is 2.51. The summed E-state index contributed by atoms with van der Waals surface area (Å²) < 4.78 is 1.81. The predicted molar refractivity (Wildman–Crippen MR) is 102 cm³/mol. The van der Waals surface area contributed by atoms with Crippen LogP contribution in [0.5, 0.6) is 0 Å². The lowest BCUT2D eigenvalue weighted by molar-refractivity contribution is 0.102. The third kappa shape index (κ3) is 4.34. The summed E-state index contributed by atoms with van der Waals surface area (Å²) in [5.74, 6) is 0.125. The molecule has 0 bridgehead atoms. The van der Waals surface area contributed by atoms with E-state index in [9.17, 15) is 4.79 Å². The Kier molecular flexibility index (Phi) is 5.33. The zero-order valence-corrected chi connectivity index (χ0v) is 15.5. The van der Waals surface area contributed by atoms with Gasteiger partial charge in [0, 0.05) is 21.8 Å². The number of hydrogen-bond acceptors (Lipinski definition) is 2. The van der Waals surface area contributed by atoms with Gasteiger partial charge in [-0.05, 0) is 42.8 Å². The van der Waals surface area contributed by atoms with Gasteiger partial charge in [-0.3, -0.25) is 9.48 Å². The van der Waals surface area contributed by atoms with E-state index in [0.717, 1.165) is 11.3 Å². The Morgan fingerprint density at radius 1 is 1.04 bits per heavy atom. The van der Waals surface area contributed by atoms with Crippen LogP contribution in [0.25, 0.3) is 0 Å². The average Bonchev–Trinajstić information content (AvgIpc) is 2.88. The number of rotatable bonds is 4. The quantitative estimate of drug-likeness (QED) is 0.639. The molecule has 4 nitrogen and oxygen atoms in total. The zero-order valence-electron chi connectivity index (χ0n) is 13.3. The van der Waals surface area contributed by atoms with E-state index in [0.29, 0.717) is 33.0 Å². The second kappa shape index (κ2) is 7.48. The van der Waals surface area contributed by atoms with Crippen molar-refractivity contribution in [2.75, 3.05) is 5.32 Å². The summed E-state index contributed by atoms with van der Waals surface area (Å²) >= 11 is 17.8. The van der Waals surface area contributed by atoms with Gasteiger partial charge in [0.15, 0.2) is 5.82 Å². The molecule has 2 aromatic carbocycles. The number of benzene rings is 2. The molecular formula is C18H14Cl3N3O. The summed E-state index contributed by atoms with van der Waals surface area (Å²) in [5, 5.41) is 8.64. The molecule has 3 aromatic rings. The highest BCUT2D eigenvalue weighted by atomic mass is 35.5. The van der Waals surface area contributed by atoms with Crippen LogP contribution in [0.4, 0.5) is 5.82 Å². The smallest absolute Gasteiger partial charge is 0.258 e. The van der Waals surface area contributed by atoms with Crippen molar-refractivity contribution in [2.24, 2.45) is 0 Å². The molecule has 1 amide bonds. The highest BCUT2D eigenvalue weighted by Gasteiger charge is 2.13. The number of carbonyl (C=O) groups excluding carboxylic acids is 1. The van der Waals surface area contributed by atoms with E-state index in [2.05, 4.69) is 10.4 Å². The van der Waals surface area contributed by atoms with Crippen LogP contribution in [0.15, 0.2) is 48.5 Å². The van der Waals surface area contributed by atoms with Crippen molar-refractivity contribution in [3.8, 4) is 0 Å². The average molecular weight is 395 g/mol. The topological polar surface area (TPSA) is 46.9 Å². The number of anilines is 1. The Hall–Kier alpha value is -2.01. The molecule has 0 radical (unpaired) electrons. The minimum atomic E-state index is -0.335. The molecule has 1 aromatic heterocycles. The van der Waals surface area contributed by atoms with Gasteiger partial charge in [0.1, 0.15) is 0 Å². The number of nitrogens with one attached hydrogen (secondary N) is 1. The Morgan fingerprint density at radius 2 is 1.72 bits per heavy atom. The van der Waals surface area contributed by atoms with E-state index in [4.69, 9.17) is 34.8 Å². The molecule has 0 saturated carbocycles. The van der Waals surface area contributed by atoms with Gasteiger partial charge < -0.3 is 5.32 Å². The Balaban J connectivity index is 1.75. The Bertz CT molecular complexity index is 920. The van der Waals surface area contributed by atoms with Crippen molar-refractivity contribution in [1.29, 1.82) is 0 Å². The van der Waals surface area contributed by atoms with E-state index in [1.165, 1.54) is 6.07 Å². The van der Waals surface area contributed by atoms with Crippen LogP contribution in [0.3, 0.4) is 0 Å². The number of carbonyl (C=O) groups is 1. The molecule has 128 valence electrons. The number of aryl methyl sites for hydroxylation is 1. The van der Waals surface area contributed by atoms with Crippen LogP contribution in [-0.4, -0.2) is 15.7 Å². The van der Waals surface area contributed by atoms with Gasteiger partial charge in [-0.15, -0.1) is 0 Å². The van der Waals surface area contributed by atoms with Gasteiger partial charge in [0.2, 0.25) is 0 Å². The normalized spacial score (nSPS) is 10.7. The van der Waals surface area contributed by atoms with Crippen molar-refractivity contribution in [3.05, 3.63) is 80.4 Å². The van der Waals surface area contributed by atoms with Crippen molar-refractivity contribution in [3.63, 3.8) is 0 Å². The molecule has 3 rings (SSSR count). The van der Waals surface area contributed by atoms with Crippen LogP contribution < -0.4 is 5.32 Å². The molecule has 0 atom stereocenters. The lowest BCUT2D eigenvalue weighted by Crippen LogP contribution is -2.13. The molecule has 0 aliphatic heterocycles. The zero-order chi connectivity index (χ0) is 18.0. The van der Waals surface area contributed by atoms with Crippen molar-refractivity contribution >= 4 is 46.5 Å². The Morgan fingerprint density at radius 3 is 2.40 bits per heavy atom. The molecule has 0 aliphatic carbocycles. The second-order valence-corrected chi connectivity index (χ2v) is 6.81. The van der Waals surface area contributed by atoms with E-state index in [1.807, 2.05) is 35.9 Å². The number of nitrogens with zero attached hydrogens (tertiary/aromatic N) is 2. The van der Waals surface area contributed by atoms with Crippen molar-refractivity contribution in [1.82, 2.24) is 9.78 Å². The maximum absolute atomic E-state index is 12.4. The van der Waals surface area contributed by atoms with Crippen LogP contribution in [0.1, 0.15) is 21.6 Å². The number of hydrogen-bond donors (Lipinski definition) is 1. The summed E-state index contributed by atoms with van der Waals surface area (Å²) in [6, 6.07) is 14.1. The molecule has 7 heteroatoms. The predicted octanol–water partition coefficient (Wildman–Crippen LogP) is 5.45. The maximum Gasteiger partial charge on any atom is 0.258 e. The SMILES string of the molecule is Cc1cc(NC(=O)c2ccc(Cl)cc2Cl)nn1Cc1ccc(Cl)cc1. The Labute approximate surface area is 160 Å².